The predicted octanol–water partition coefficient (Wildman–Crippen LogP) is 2.92. The molecule has 0 aliphatic rings. The van der Waals surface area contributed by atoms with Crippen LogP contribution in [0.15, 0.2) is 30.3 Å². The van der Waals surface area contributed by atoms with Gasteiger partial charge in [0.15, 0.2) is 0 Å². The first-order chi connectivity index (χ1) is 7.23. The molecule has 0 spiro atoms. The average Bonchev–Trinajstić information content (AvgIpc) is 2.16. The SMILES string of the molecule is CC(CC(F)(F)F)P(=O)(O)c1ccccc1. The van der Waals surface area contributed by atoms with Crippen LogP contribution in [0.5, 0.6) is 0 Å². The summed E-state index contributed by atoms with van der Waals surface area (Å²) < 4.78 is 48.2. The van der Waals surface area contributed by atoms with Gasteiger partial charge in [0.25, 0.3) is 0 Å². The monoisotopic (exact) mass is 252 g/mol. The van der Waals surface area contributed by atoms with E-state index < -0.39 is 25.6 Å². The van der Waals surface area contributed by atoms with Crippen molar-refractivity contribution >= 4 is 12.7 Å². The van der Waals surface area contributed by atoms with E-state index in [4.69, 9.17) is 0 Å². The van der Waals surface area contributed by atoms with Crippen molar-refractivity contribution < 1.29 is 22.6 Å². The molecule has 6 heteroatoms. The average molecular weight is 252 g/mol. The Kier molecular flexibility index (Phi) is 3.81. The van der Waals surface area contributed by atoms with Crippen LogP contribution in [0, 0.1) is 0 Å². The van der Waals surface area contributed by atoms with Gasteiger partial charge in [0.1, 0.15) is 0 Å². The molecule has 0 aromatic heterocycles. The molecule has 0 heterocycles. The Morgan fingerprint density at radius 1 is 1.31 bits per heavy atom. The molecule has 0 fully saturated rings. The van der Waals surface area contributed by atoms with E-state index in [1.54, 1.807) is 6.07 Å². The highest BCUT2D eigenvalue weighted by Gasteiger charge is 2.38. The Labute approximate surface area is 91.6 Å². The first-order valence-corrected chi connectivity index (χ1v) is 6.41. The molecule has 1 rings (SSSR count). The molecule has 0 amide bonds. The van der Waals surface area contributed by atoms with Crippen LogP contribution in [-0.2, 0) is 4.57 Å². The molecule has 0 bridgehead atoms. The maximum Gasteiger partial charge on any atom is 0.389 e. The summed E-state index contributed by atoms with van der Waals surface area (Å²) in [6.07, 6.45) is -5.68. The molecule has 0 saturated carbocycles. The van der Waals surface area contributed by atoms with Crippen LogP contribution < -0.4 is 5.30 Å². The molecular formula is C10H12F3O2P. The third-order valence-corrected chi connectivity index (χ3v) is 4.67. The van der Waals surface area contributed by atoms with Crippen molar-refractivity contribution in [2.75, 3.05) is 0 Å². The highest BCUT2D eigenvalue weighted by Crippen LogP contribution is 2.48. The van der Waals surface area contributed by atoms with E-state index in [1.807, 2.05) is 0 Å². The van der Waals surface area contributed by atoms with Crippen LogP contribution in [0.4, 0.5) is 13.2 Å². The number of halogens is 3. The fraction of sp³-hybridized carbons (Fsp3) is 0.400. The van der Waals surface area contributed by atoms with E-state index in [9.17, 15) is 22.6 Å². The quantitative estimate of drug-likeness (QED) is 0.840. The Morgan fingerprint density at radius 2 is 1.81 bits per heavy atom. The van der Waals surface area contributed by atoms with Crippen LogP contribution in [-0.4, -0.2) is 16.7 Å². The topological polar surface area (TPSA) is 37.3 Å². The molecule has 1 aromatic carbocycles. The lowest BCUT2D eigenvalue weighted by atomic mass is 10.3. The van der Waals surface area contributed by atoms with E-state index in [0.29, 0.717) is 0 Å². The standard InChI is InChI=1S/C10H12F3O2P/c1-8(7-10(11,12)13)16(14,15)9-5-3-2-4-6-9/h2-6,8H,7H2,1H3,(H,14,15). The number of alkyl halides is 3. The number of hydrogen-bond acceptors (Lipinski definition) is 1. The van der Waals surface area contributed by atoms with E-state index in [2.05, 4.69) is 0 Å². The van der Waals surface area contributed by atoms with Crippen molar-refractivity contribution in [1.82, 2.24) is 0 Å². The van der Waals surface area contributed by atoms with Gasteiger partial charge in [-0.1, -0.05) is 25.1 Å². The lowest BCUT2D eigenvalue weighted by Crippen LogP contribution is -2.21. The Bertz CT molecular complexity index is 389. The smallest absolute Gasteiger partial charge is 0.341 e. The Morgan fingerprint density at radius 3 is 2.25 bits per heavy atom. The van der Waals surface area contributed by atoms with Gasteiger partial charge in [0.05, 0.1) is 6.42 Å². The molecule has 1 aromatic rings. The molecule has 0 radical (unpaired) electrons. The summed E-state index contributed by atoms with van der Waals surface area (Å²) in [5.41, 5.74) is -1.32. The van der Waals surface area contributed by atoms with Crippen molar-refractivity contribution in [1.29, 1.82) is 0 Å². The van der Waals surface area contributed by atoms with E-state index in [-0.39, 0.29) is 5.30 Å². The minimum Gasteiger partial charge on any atom is -0.341 e. The second kappa shape index (κ2) is 4.60. The molecule has 0 aliphatic carbocycles. The lowest BCUT2D eigenvalue weighted by Gasteiger charge is -2.20. The zero-order valence-electron chi connectivity index (χ0n) is 8.61. The van der Waals surface area contributed by atoms with Gasteiger partial charge >= 0.3 is 6.18 Å². The van der Waals surface area contributed by atoms with Gasteiger partial charge in [-0.15, -0.1) is 0 Å². The molecule has 0 aliphatic heterocycles. The summed E-state index contributed by atoms with van der Waals surface area (Å²) in [4.78, 5) is 9.67. The van der Waals surface area contributed by atoms with Crippen molar-refractivity contribution in [3.05, 3.63) is 30.3 Å². The Hall–Kier alpha value is -0.800. The van der Waals surface area contributed by atoms with Gasteiger partial charge in [-0.2, -0.15) is 13.2 Å². The van der Waals surface area contributed by atoms with Gasteiger partial charge in [-0.3, -0.25) is 4.57 Å². The van der Waals surface area contributed by atoms with Gasteiger partial charge in [-0.25, -0.2) is 0 Å². The first-order valence-electron chi connectivity index (χ1n) is 4.68. The summed E-state index contributed by atoms with van der Waals surface area (Å²) in [6, 6.07) is 7.43. The van der Waals surface area contributed by atoms with Crippen LogP contribution >= 0.6 is 7.37 Å². The van der Waals surface area contributed by atoms with Crippen LogP contribution in [0.2, 0.25) is 0 Å². The van der Waals surface area contributed by atoms with Gasteiger partial charge < -0.3 is 4.89 Å². The molecule has 2 atom stereocenters. The van der Waals surface area contributed by atoms with Crippen molar-refractivity contribution in [2.24, 2.45) is 0 Å². The van der Waals surface area contributed by atoms with Crippen molar-refractivity contribution in [3.8, 4) is 0 Å². The molecule has 90 valence electrons. The third kappa shape index (κ3) is 3.35. The number of benzene rings is 1. The van der Waals surface area contributed by atoms with Gasteiger partial charge in [-0.05, 0) is 12.1 Å². The molecule has 1 N–H and O–H groups in total. The third-order valence-electron chi connectivity index (χ3n) is 2.25. The van der Waals surface area contributed by atoms with Crippen molar-refractivity contribution in [3.63, 3.8) is 0 Å². The fourth-order valence-corrected chi connectivity index (χ4v) is 2.92. The molecule has 2 unspecified atom stereocenters. The summed E-state index contributed by atoms with van der Waals surface area (Å²) in [5.74, 6) is 0. The highest BCUT2D eigenvalue weighted by molar-refractivity contribution is 7.66. The lowest BCUT2D eigenvalue weighted by molar-refractivity contribution is -0.134. The largest absolute Gasteiger partial charge is 0.389 e. The summed E-state index contributed by atoms with van der Waals surface area (Å²) >= 11 is 0. The normalized spacial score (nSPS) is 17.8. The molecule has 2 nitrogen and oxygen atoms in total. The second-order valence-electron chi connectivity index (χ2n) is 3.63. The van der Waals surface area contributed by atoms with Crippen LogP contribution in [0.3, 0.4) is 0 Å². The maximum absolute atomic E-state index is 12.1. The minimum atomic E-state index is -4.42. The number of hydrogen-bond donors (Lipinski definition) is 1. The van der Waals surface area contributed by atoms with Crippen LogP contribution in [0.25, 0.3) is 0 Å². The van der Waals surface area contributed by atoms with Gasteiger partial charge in [0.2, 0.25) is 7.37 Å². The fourth-order valence-electron chi connectivity index (χ4n) is 1.35. The van der Waals surface area contributed by atoms with E-state index in [0.717, 1.165) is 6.92 Å². The Balaban J connectivity index is 2.91. The zero-order chi connectivity index (χ0) is 12.4. The predicted molar refractivity (Wildman–Crippen MR) is 56.0 cm³/mol. The summed E-state index contributed by atoms with van der Waals surface area (Å²) in [5, 5.41) is 0.0618. The van der Waals surface area contributed by atoms with Gasteiger partial charge in [0, 0.05) is 11.0 Å². The van der Waals surface area contributed by atoms with E-state index >= 15 is 0 Å². The summed E-state index contributed by atoms with van der Waals surface area (Å²) in [6.45, 7) is 1.14. The molecular weight excluding hydrogens is 240 g/mol. The number of rotatable bonds is 3. The first kappa shape index (κ1) is 13.3. The second-order valence-corrected chi connectivity index (χ2v) is 6.27. The summed E-state index contributed by atoms with van der Waals surface area (Å²) in [7, 11) is -3.95. The zero-order valence-corrected chi connectivity index (χ0v) is 9.50. The molecule has 0 saturated heterocycles. The molecule has 16 heavy (non-hydrogen) atoms. The van der Waals surface area contributed by atoms with Crippen LogP contribution in [0.1, 0.15) is 13.3 Å². The maximum atomic E-state index is 12.1. The minimum absolute atomic E-state index is 0.0618. The van der Waals surface area contributed by atoms with Crippen molar-refractivity contribution in [2.45, 2.75) is 25.2 Å². The highest BCUT2D eigenvalue weighted by atomic mass is 31.2. The van der Waals surface area contributed by atoms with E-state index in [1.165, 1.54) is 24.3 Å².